The van der Waals surface area contributed by atoms with E-state index in [2.05, 4.69) is 19.9 Å². The van der Waals surface area contributed by atoms with Gasteiger partial charge in [0.1, 0.15) is 5.82 Å². The first-order valence-electron chi connectivity index (χ1n) is 9.35. The fourth-order valence-electron chi connectivity index (χ4n) is 4.38. The topological polar surface area (TPSA) is 32.7 Å². The van der Waals surface area contributed by atoms with Gasteiger partial charge in [-0.3, -0.25) is 4.90 Å². The van der Waals surface area contributed by atoms with Crippen LogP contribution in [0.15, 0.2) is 29.8 Å². The number of hydrogen-bond acceptors (Lipinski definition) is 3. The fraction of sp³-hybridized carbons (Fsp3) is 0.619. The van der Waals surface area contributed by atoms with Crippen LogP contribution in [0.3, 0.4) is 0 Å². The molecule has 3 unspecified atom stereocenters. The first-order chi connectivity index (χ1) is 12.3. The highest BCUT2D eigenvalue weighted by Gasteiger charge is 2.50. The molecule has 3 atom stereocenters. The standard InChI is InChI=1S/C21H29ClFNO2/c1-21(2)15-8-7-14(18(21)9-15)12-26-13-16(25)10-24(3)11-17-19(22)5-4-6-20(17)23/h4-7,15-16,18,25H,8-13H2,1-3H3. The van der Waals surface area contributed by atoms with E-state index in [0.717, 1.165) is 12.3 Å². The van der Waals surface area contributed by atoms with Crippen LogP contribution in [-0.4, -0.2) is 42.9 Å². The van der Waals surface area contributed by atoms with E-state index in [1.165, 1.54) is 18.1 Å². The van der Waals surface area contributed by atoms with Crippen LogP contribution in [0.25, 0.3) is 0 Å². The van der Waals surface area contributed by atoms with E-state index in [0.29, 0.717) is 41.6 Å². The van der Waals surface area contributed by atoms with Gasteiger partial charge in [-0.25, -0.2) is 4.39 Å². The van der Waals surface area contributed by atoms with Crippen LogP contribution >= 0.6 is 11.6 Å². The lowest BCUT2D eigenvalue weighted by atomic mass is 9.49. The number of ether oxygens (including phenoxy) is 1. The highest BCUT2D eigenvalue weighted by molar-refractivity contribution is 6.31. The van der Waals surface area contributed by atoms with Crippen molar-refractivity contribution in [2.75, 3.05) is 26.8 Å². The van der Waals surface area contributed by atoms with Crippen molar-refractivity contribution in [1.29, 1.82) is 0 Å². The molecule has 1 saturated carbocycles. The summed E-state index contributed by atoms with van der Waals surface area (Å²) in [5.41, 5.74) is 2.24. The number of benzene rings is 1. The van der Waals surface area contributed by atoms with Gasteiger partial charge in [0.2, 0.25) is 0 Å². The molecule has 1 fully saturated rings. The van der Waals surface area contributed by atoms with Crippen molar-refractivity contribution in [3.63, 3.8) is 0 Å². The Bertz CT molecular complexity index is 656. The second kappa shape index (κ2) is 7.97. The van der Waals surface area contributed by atoms with E-state index >= 15 is 0 Å². The third-order valence-corrected chi connectivity index (χ3v) is 6.53. The molecule has 1 N–H and O–H groups in total. The van der Waals surface area contributed by atoms with Crippen molar-refractivity contribution in [1.82, 2.24) is 4.90 Å². The Labute approximate surface area is 160 Å². The van der Waals surface area contributed by atoms with Crippen LogP contribution in [0.2, 0.25) is 5.02 Å². The normalized spacial score (nSPS) is 25.0. The molecule has 3 aliphatic rings. The van der Waals surface area contributed by atoms with E-state index in [-0.39, 0.29) is 12.4 Å². The molecule has 5 heteroatoms. The molecule has 26 heavy (non-hydrogen) atoms. The summed E-state index contributed by atoms with van der Waals surface area (Å²) in [5.74, 6) is 1.13. The zero-order valence-electron chi connectivity index (χ0n) is 15.8. The molecule has 0 aliphatic heterocycles. The minimum absolute atomic E-state index is 0.281. The molecule has 2 bridgehead atoms. The number of likely N-dealkylation sites (N-methyl/N-ethyl adjacent to an activating group) is 1. The summed E-state index contributed by atoms with van der Waals surface area (Å²) in [6.45, 7) is 6.32. The van der Waals surface area contributed by atoms with E-state index in [4.69, 9.17) is 16.3 Å². The average molecular weight is 382 g/mol. The maximum absolute atomic E-state index is 13.9. The maximum Gasteiger partial charge on any atom is 0.129 e. The fourth-order valence-corrected chi connectivity index (χ4v) is 4.61. The third kappa shape index (κ3) is 4.14. The highest BCUT2D eigenvalue weighted by atomic mass is 35.5. The molecule has 0 radical (unpaired) electrons. The second-order valence-corrected chi connectivity index (χ2v) is 8.79. The van der Waals surface area contributed by atoms with Gasteiger partial charge in [-0.1, -0.05) is 37.6 Å². The monoisotopic (exact) mass is 381 g/mol. The van der Waals surface area contributed by atoms with E-state index in [1.54, 1.807) is 12.1 Å². The van der Waals surface area contributed by atoms with E-state index in [9.17, 15) is 9.50 Å². The maximum atomic E-state index is 13.9. The lowest BCUT2D eigenvalue weighted by Gasteiger charge is -2.56. The smallest absolute Gasteiger partial charge is 0.129 e. The number of nitrogens with zero attached hydrogens (tertiary/aromatic N) is 1. The number of aliphatic hydroxyl groups excluding tert-OH is 1. The first-order valence-corrected chi connectivity index (χ1v) is 9.73. The van der Waals surface area contributed by atoms with Crippen LogP contribution in [0.1, 0.15) is 32.3 Å². The molecule has 1 aromatic rings. The summed E-state index contributed by atoms with van der Waals surface area (Å²) in [6, 6.07) is 4.67. The first kappa shape index (κ1) is 19.8. The Hall–Kier alpha value is -0.940. The van der Waals surface area contributed by atoms with Gasteiger partial charge in [-0.05, 0) is 54.8 Å². The molecule has 0 spiro atoms. The average Bonchev–Trinajstić information content (AvgIpc) is 2.58. The predicted molar refractivity (Wildman–Crippen MR) is 103 cm³/mol. The molecular formula is C21H29ClFNO2. The summed E-state index contributed by atoms with van der Waals surface area (Å²) in [4.78, 5) is 1.86. The number of aliphatic hydroxyl groups is 1. The minimum Gasteiger partial charge on any atom is -0.389 e. The van der Waals surface area contributed by atoms with Gasteiger partial charge < -0.3 is 9.84 Å². The van der Waals surface area contributed by atoms with Gasteiger partial charge in [0, 0.05) is 23.7 Å². The SMILES string of the molecule is CN(Cc1c(F)cccc1Cl)CC(O)COCC1=CCC2CC1C2(C)C. The van der Waals surface area contributed by atoms with E-state index in [1.807, 2.05) is 11.9 Å². The van der Waals surface area contributed by atoms with Gasteiger partial charge >= 0.3 is 0 Å². The third-order valence-electron chi connectivity index (χ3n) is 6.17. The molecule has 0 amide bonds. The number of rotatable bonds is 8. The Morgan fingerprint density at radius 1 is 1.42 bits per heavy atom. The summed E-state index contributed by atoms with van der Waals surface area (Å²) in [5, 5.41) is 10.6. The summed E-state index contributed by atoms with van der Waals surface area (Å²) in [6.07, 6.45) is 4.13. The van der Waals surface area contributed by atoms with Gasteiger partial charge in [0.15, 0.2) is 0 Å². The van der Waals surface area contributed by atoms with Gasteiger partial charge in [0.25, 0.3) is 0 Å². The molecule has 0 saturated heterocycles. The highest BCUT2D eigenvalue weighted by Crippen LogP contribution is 2.59. The molecule has 0 aromatic heterocycles. The minimum atomic E-state index is -0.614. The van der Waals surface area contributed by atoms with Gasteiger partial charge in [-0.2, -0.15) is 0 Å². The molecule has 144 valence electrons. The molecule has 1 aromatic carbocycles. The summed E-state index contributed by atoms with van der Waals surface area (Å²) >= 11 is 6.06. The lowest BCUT2D eigenvalue weighted by Crippen LogP contribution is -2.48. The van der Waals surface area contributed by atoms with Crippen LogP contribution in [0.4, 0.5) is 4.39 Å². The van der Waals surface area contributed by atoms with Crippen LogP contribution in [-0.2, 0) is 11.3 Å². The predicted octanol–water partition coefficient (Wildman–Crippen LogP) is 4.28. The Kier molecular flexibility index (Phi) is 6.07. The van der Waals surface area contributed by atoms with Crippen molar-refractivity contribution in [3.8, 4) is 0 Å². The number of fused-ring (bicyclic) bond motifs is 1. The van der Waals surface area contributed by atoms with Crippen LogP contribution in [0, 0.1) is 23.1 Å². The molecule has 3 aliphatic carbocycles. The van der Waals surface area contributed by atoms with Gasteiger partial charge in [-0.15, -0.1) is 0 Å². The second-order valence-electron chi connectivity index (χ2n) is 8.39. The van der Waals surface area contributed by atoms with E-state index < -0.39 is 6.10 Å². The van der Waals surface area contributed by atoms with Crippen molar-refractivity contribution in [2.24, 2.45) is 17.3 Å². The summed E-state index contributed by atoms with van der Waals surface area (Å²) < 4.78 is 19.6. The lowest BCUT2D eigenvalue weighted by molar-refractivity contribution is -0.0257. The largest absolute Gasteiger partial charge is 0.389 e. The molecular weight excluding hydrogens is 353 g/mol. The number of hydrogen-bond donors (Lipinski definition) is 1. The quantitative estimate of drug-likeness (QED) is 0.682. The Balaban J connectivity index is 1.42. The van der Waals surface area contributed by atoms with Crippen molar-refractivity contribution < 1.29 is 14.2 Å². The molecule has 0 heterocycles. The van der Waals surface area contributed by atoms with Gasteiger partial charge in [0.05, 0.1) is 19.3 Å². The van der Waals surface area contributed by atoms with Crippen molar-refractivity contribution in [2.45, 2.75) is 39.3 Å². The van der Waals surface area contributed by atoms with Crippen molar-refractivity contribution in [3.05, 3.63) is 46.3 Å². The zero-order valence-corrected chi connectivity index (χ0v) is 16.6. The van der Waals surface area contributed by atoms with Crippen LogP contribution in [0.5, 0.6) is 0 Å². The molecule has 4 rings (SSSR count). The number of allylic oxidation sites excluding steroid dienone is 1. The zero-order chi connectivity index (χ0) is 18.9. The molecule has 3 nitrogen and oxygen atoms in total. The van der Waals surface area contributed by atoms with Crippen molar-refractivity contribution >= 4 is 11.6 Å². The number of halogens is 2. The Morgan fingerprint density at radius 3 is 2.85 bits per heavy atom. The summed E-state index contributed by atoms with van der Waals surface area (Å²) in [7, 11) is 1.84. The van der Waals surface area contributed by atoms with Crippen LogP contribution < -0.4 is 0 Å². The Morgan fingerprint density at radius 2 is 2.19 bits per heavy atom.